The minimum Gasteiger partial charge on any atom is -0.381 e. The Labute approximate surface area is 87.2 Å². The predicted molar refractivity (Wildman–Crippen MR) is 58.2 cm³/mol. The van der Waals surface area contributed by atoms with Gasteiger partial charge in [-0.25, -0.2) is 0 Å². The molecule has 3 heteroatoms. The Morgan fingerprint density at radius 3 is 2.29 bits per heavy atom. The quantitative estimate of drug-likeness (QED) is 0.741. The zero-order valence-electron chi connectivity index (χ0n) is 9.80. The fourth-order valence-corrected chi connectivity index (χ4v) is 1.65. The smallest absolute Gasteiger partial charge is 0.217 e. The molecular weight excluding hydrogens is 178 g/mol. The summed E-state index contributed by atoms with van der Waals surface area (Å²) in [5.74, 6) is 0.664. The van der Waals surface area contributed by atoms with Crippen LogP contribution in [0.25, 0.3) is 0 Å². The molecule has 0 bridgehead atoms. The van der Waals surface area contributed by atoms with Gasteiger partial charge >= 0.3 is 0 Å². The molecule has 1 atom stereocenters. The summed E-state index contributed by atoms with van der Waals surface area (Å²) in [5, 5.41) is 2.92. The van der Waals surface area contributed by atoms with E-state index in [4.69, 9.17) is 4.74 Å². The minimum atomic E-state index is 0.0639. The van der Waals surface area contributed by atoms with Crippen LogP contribution in [-0.2, 0) is 9.53 Å². The molecule has 84 valence electrons. The van der Waals surface area contributed by atoms with Crippen LogP contribution in [-0.4, -0.2) is 25.2 Å². The number of nitrogens with one attached hydrogen (secondary N) is 1. The second kappa shape index (κ2) is 7.80. The van der Waals surface area contributed by atoms with Crippen LogP contribution in [0.3, 0.4) is 0 Å². The Morgan fingerprint density at radius 1 is 1.36 bits per heavy atom. The van der Waals surface area contributed by atoms with Crippen molar-refractivity contribution in [2.24, 2.45) is 5.92 Å². The van der Waals surface area contributed by atoms with Gasteiger partial charge in [0.25, 0.3) is 0 Å². The molecule has 0 spiro atoms. The second-order valence-corrected chi connectivity index (χ2v) is 3.44. The van der Waals surface area contributed by atoms with E-state index in [0.717, 1.165) is 26.1 Å². The Hall–Kier alpha value is -0.570. The molecule has 14 heavy (non-hydrogen) atoms. The Bertz CT molecular complexity index is 153. The maximum atomic E-state index is 10.8. The van der Waals surface area contributed by atoms with Crippen LogP contribution < -0.4 is 5.32 Å². The van der Waals surface area contributed by atoms with Crippen molar-refractivity contribution in [3.05, 3.63) is 0 Å². The molecule has 1 aliphatic heterocycles. The molecule has 0 aromatic carbocycles. The van der Waals surface area contributed by atoms with Gasteiger partial charge in [-0.2, -0.15) is 0 Å². The lowest BCUT2D eigenvalue weighted by atomic mass is 9.93. The molecule has 1 amide bonds. The van der Waals surface area contributed by atoms with Crippen LogP contribution in [0, 0.1) is 5.92 Å². The highest BCUT2D eigenvalue weighted by molar-refractivity contribution is 5.73. The molecule has 1 N–H and O–H groups in total. The van der Waals surface area contributed by atoms with Crippen molar-refractivity contribution in [2.75, 3.05) is 13.2 Å². The van der Waals surface area contributed by atoms with Crippen molar-refractivity contribution in [1.82, 2.24) is 5.32 Å². The summed E-state index contributed by atoms with van der Waals surface area (Å²) in [4.78, 5) is 10.8. The summed E-state index contributed by atoms with van der Waals surface area (Å²) in [5.41, 5.74) is 0. The molecule has 0 radical (unpaired) electrons. The van der Waals surface area contributed by atoms with Crippen LogP contribution in [0.5, 0.6) is 0 Å². The predicted octanol–water partition coefficient (Wildman–Crippen LogP) is 1.96. The number of carbonyl (C=O) groups is 1. The van der Waals surface area contributed by atoms with Crippen molar-refractivity contribution in [3.8, 4) is 0 Å². The highest BCUT2D eigenvalue weighted by atomic mass is 16.5. The molecular formula is C11H23NO2. The minimum absolute atomic E-state index is 0.0639. The zero-order chi connectivity index (χ0) is 11.0. The van der Waals surface area contributed by atoms with Crippen LogP contribution in [0.2, 0.25) is 0 Å². The zero-order valence-corrected chi connectivity index (χ0v) is 9.80. The molecule has 0 aromatic rings. The van der Waals surface area contributed by atoms with Gasteiger partial charge in [-0.05, 0) is 25.7 Å². The fraction of sp³-hybridized carbons (Fsp3) is 0.909. The highest BCUT2D eigenvalue weighted by Crippen LogP contribution is 2.18. The average molecular weight is 201 g/mol. The van der Waals surface area contributed by atoms with Gasteiger partial charge in [-0.15, -0.1) is 0 Å². The first-order valence-corrected chi connectivity index (χ1v) is 5.55. The average Bonchev–Trinajstić information content (AvgIpc) is 2.21. The van der Waals surface area contributed by atoms with Crippen molar-refractivity contribution < 1.29 is 9.53 Å². The highest BCUT2D eigenvalue weighted by Gasteiger charge is 2.20. The monoisotopic (exact) mass is 201 g/mol. The van der Waals surface area contributed by atoms with Crippen LogP contribution in [0.4, 0.5) is 0 Å². The van der Waals surface area contributed by atoms with E-state index in [1.807, 2.05) is 13.8 Å². The number of hydrogen-bond donors (Lipinski definition) is 1. The summed E-state index contributed by atoms with van der Waals surface area (Å²) in [6, 6.07) is 0.298. The van der Waals surface area contributed by atoms with Gasteiger partial charge in [0.2, 0.25) is 5.91 Å². The molecule has 0 aromatic heterocycles. The Morgan fingerprint density at radius 2 is 1.86 bits per heavy atom. The van der Waals surface area contributed by atoms with E-state index in [9.17, 15) is 4.79 Å². The summed E-state index contributed by atoms with van der Waals surface area (Å²) in [7, 11) is 0. The molecule has 1 heterocycles. The van der Waals surface area contributed by atoms with Gasteiger partial charge in [-0.3, -0.25) is 4.79 Å². The Balaban J connectivity index is 0.000000791. The summed E-state index contributed by atoms with van der Waals surface area (Å²) in [6.07, 6.45) is 2.14. The molecule has 1 aliphatic rings. The SMILES string of the molecule is CC.CC(=O)NC(C)C1CCOCC1. The molecule has 0 aliphatic carbocycles. The van der Waals surface area contributed by atoms with Gasteiger partial charge in [0.15, 0.2) is 0 Å². The molecule has 3 nitrogen and oxygen atoms in total. The van der Waals surface area contributed by atoms with Gasteiger partial charge in [-0.1, -0.05) is 13.8 Å². The largest absolute Gasteiger partial charge is 0.381 e. The fourth-order valence-electron chi connectivity index (χ4n) is 1.65. The van der Waals surface area contributed by atoms with E-state index in [0.29, 0.717) is 12.0 Å². The maximum absolute atomic E-state index is 10.8. The van der Waals surface area contributed by atoms with E-state index in [1.165, 1.54) is 0 Å². The van der Waals surface area contributed by atoms with Crippen molar-refractivity contribution in [1.29, 1.82) is 0 Å². The second-order valence-electron chi connectivity index (χ2n) is 3.44. The third kappa shape index (κ3) is 5.22. The normalized spacial score (nSPS) is 19.1. The van der Waals surface area contributed by atoms with E-state index in [1.54, 1.807) is 6.92 Å². The first kappa shape index (κ1) is 13.4. The van der Waals surface area contributed by atoms with E-state index >= 15 is 0 Å². The van der Waals surface area contributed by atoms with Crippen LogP contribution in [0.15, 0.2) is 0 Å². The number of rotatable bonds is 2. The van der Waals surface area contributed by atoms with Crippen molar-refractivity contribution in [2.45, 2.75) is 46.6 Å². The Kier molecular flexibility index (Phi) is 7.48. The van der Waals surface area contributed by atoms with Crippen LogP contribution in [0.1, 0.15) is 40.5 Å². The first-order valence-electron chi connectivity index (χ1n) is 5.55. The van der Waals surface area contributed by atoms with E-state index < -0.39 is 0 Å². The lowest BCUT2D eigenvalue weighted by molar-refractivity contribution is -0.120. The summed E-state index contributed by atoms with van der Waals surface area (Å²) in [6.45, 7) is 9.32. The lowest BCUT2D eigenvalue weighted by Gasteiger charge is -2.27. The summed E-state index contributed by atoms with van der Waals surface area (Å²) >= 11 is 0. The molecule has 1 unspecified atom stereocenters. The molecule has 1 saturated heterocycles. The maximum Gasteiger partial charge on any atom is 0.217 e. The van der Waals surface area contributed by atoms with E-state index in [-0.39, 0.29) is 5.91 Å². The topological polar surface area (TPSA) is 38.3 Å². The summed E-state index contributed by atoms with van der Waals surface area (Å²) < 4.78 is 5.24. The number of amides is 1. The lowest BCUT2D eigenvalue weighted by Crippen LogP contribution is -2.39. The molecule has 1 fully saturated rings. The third-order valence-electron chi connectivity index (χ3n) is 2.40. The van der Waals surface area contributed by atoms with Gasteiger partial charge in [0.1, 0.15) is 0 Å². The number of carbonyl (C=O) groups excluding carboxylic acids is 1. The standard InChI is InChI=1S/C9H17NO2.C2H6/c1-7(10-8(2)11)9-3-5-12-6-4-9;1-2/h7,9H,3-6H2,1-2H3,(H,10,11);1-2H3. The first-order chi connectivity index (χ1) is 6.70. The van der Waals surface area contributed by atoms with Gasteiger partial charge in [0, 0.05) is 26.2 Å². The molecule has 0 saturated carbocycles. The van der Waals surface area contributed by atoms with Gasteiger partial charge in [0.05, 0.1) is 0 Å². The van der Waals surface area contributed by atoms with E-state index in [2.05, 4.69) is 12.2 Å². The number of hydrogen-bond acceptors (Lipinski definition) is 2. The van der Waals surface area contributed by atoms with Crippen molar-refractivity contribution in [3.63, 3.8) is 0 Å². The third-order valence-corrected chi connectivity index (χ3v) is 2.40. The van der Waals surface area contributed by atoms with Gasteiger partial charge < -0.3 is 10.1 Å². The van der Waals surface area contributed by atoms with Crippen molar-refractivity contribution >= 4 is 5.91 Å². The van der Waals surface area contributed by atoms with Crippen LogP contribution >= 0.6 is 0 Å². The number of ether oxygens (including phenoxy) is 1. The molecule has 1 rings (SSSR count).